The first kappa shape index (κ1) is 12.5. The zero-order chi connectivity index (χ0) is 13.1. The van der Waals surface area contributed by atoms with E-state index >= 15 is 0 Å². The highest BCUT2D eigenvalue weighted by atomic mass is 32.2. The number of nitrogens with zero attached hydrogens (tertiary/aromatic N) is 1. The Kier molecular flexibility index (Phi) is 3.59. The molecule has 18 heavy (non-hydrogen) atoms. The number of hydrogen-bond donors (Lipinski definition) is 1. The van der Waals surface area contributed by atoms with E-state index in [4.69, 9.17) is 11.0 Å². The van der Waals surface area contributed by atoms with Crippen LogP contribution in [0.1, 0.15) is 16.7 Å². The third kappa shape index (κ3) is 2.49. The summed E-state index contributed by atoms with van der Waals surface area (Å²) in [7, 11) is 0. The van der Waals surface area contributed by atoms with Crippen molar-refractivity contribution in [2.24, 2.45) is 0 Å². The molecule has 0 atom stereocenters. The molecule has 0 fully saturated rings. The summed E-state index contributed by atoms with van der Waals surface area (Å²) in [5.74, 6) is 0. The van der Waals surface area contributed by atoms with Crippen molar-refractivity contribution in [3.8, 4) is 6.07 Å². The van der Waals surface area contributed by atoms with E-state index in [1.165, 1.54) is 11.1 Å². The largest absolute Gasteiger partial charge is 0.397 e. The van der Waals surface area contributed by atoms with Crippen LogP contribution in [0.25, 0.3) is 0 Å². The lowest BCUT2D eigenvalue weighted by Crippen LogP contribution is -1.92. The van der Waals surface area contributed by atoms with Crippen molar-refractivity contribution < 1.29 is 0 Å². The van der Waals surface area contributed by atoms with Gasteiger partial charge >= 0.3 is 0 Å². The van der Waals surface area contributed by atoms with E-state index in [0.29, 0.717) is 11.3 Å². The molecule has 0 saturated heterocycles. The third-order valence-corrected chi connectivity index (χ3v) is 3.96. The molecule has 0 bridgehead atoms. The fraction of sp³-hybridized carbons (Fsp3) is 0.133. The first-order valence-electron chi connectivity index (χ1n) is 5.65. The fourth-order valence-corrected chi connectivity index (χ4v) is 2.63. The maximum absolute atomic E-state index is 8.95. The average molecular weight is 254 g/mol. The quantitative estimate of drug-likeness (QED) is 0.827. The Morgan fingerprint density at radius 3 is 2.56 bits per heavy atom. The molecule has 0 aliphatic carbocycles. The highest BCUT2D eigenvalue weighted by molar-refractivity contribution is 7.99. The molecule has 90 valence electrons. The molecule has 2 aromatic rings. The lowest BCUT2D eigenvalue weighted by molar-refractivity contribution is 1.27. The van der Waals surface area contributed by atoms with E-state index in [1.54, 1.807) is 17.8 Å². The van der Waals surface area contributed by atoms with Crippen LogP contribution in [0.2, 0.25) is 0 Å². The first-order chi connectivity index (χ1) is 8.61. The number of aryl methyl sites for hydroxylation is 2. The van der Waals surface area contributed by atoms with E-state index in [9.17, 15) is 0 Å². The van der Waals surface area contributed by atoms with Gasteiger partial charge in [0.2, 0.25) is 0 Å². The van der Waals surface area contributed by atoms with Gasteiger partial charge in [-0.1, -0.05) is 23.9 Å². The van der Waals surface area contributed by atoms with Gasteiger partial charge in [0, 0.05) is 9.79 Å². The normalized spacial score (nSPS) is 10.1. The van der Waals surface area contributed by atoms with Crippen LogP contribution in [0, 0.1) is 25.2 Å². The van der Waals surface area contributed by atoms with Crippen LogP contribution in [0.4, 0.5) is 5.69 Å². The Morgan fingerprint density at radius 2 is 1.89 bits per heavy atom. The molecular weight excluding hydrogens is 240 g/mol. The summed E-state index contributed by atoms with van der Waals surface area (Å²) in [4.78, 5) is 2.07. The molecular formula is C15H14N2S. The molecule has 2 N–H and O–H groups in total. The molecule has 0 aliphatic rings. The van der Waals surface area contributed by atoms with Gasteiger partial charge in [-0.25, -0.2) is 0 Å². The molecule has 0 radical (unpaired) electrons. The molecule has 2 aromatic carbocycles. The van der Waals surface area contributed by atoms with Gasteiger partial charge in [0.25, 0.3) is 0 Å². The number of nitrogen functional groups attached to an aromatic ring is 1. The van der Waals surface area contributed by atoms with Crippen molar-refractivity contribution in [3.05, 3.63) is 53.1 Å². The summed E-state index contributed by atoms with van der Waals surface area (Å²) in [6, 6.07) is 14.0. The molecule has 0 aliphatic heterocycles. The van der Waals surface area contributed by atoms with Crippen molar-refractivity contribution in [1.82, 2.24) is 0 Å². The van der Waals surface area contributed by atoms with Crippen LogP contribution in [-0.2, 0) is 0 Å². The Hall–Kier alpha value is -1.92. The van der Waals surface area contributed by atoms with Crippen molar-refractivity contribution in [3.63, 3.8) is 0 Å². The highest BCUT2D eigenvalue weighted by Crippen LogP contribution is 2.34. The summed E-state index contributed by atoms with van der Waals surface area (Å²) in [5.41, 5.74) is 9.59. The van der Waals surface area contributed by atoms with Gasteiger partial charge in [-0.2, -0.15) is 5.26 Å². The molecule has 0 heterocycles. The van der Waals surface area contributed by atoms with Crippen molar-refractivity contribution >= 4 is 17.4 Å². The molecule has 0 saturated carbocycles. The van der Waals surface area contributed by atoms with Gasteiger partial charge in [0.1, 0.15) is 6.07 Å². The van der Waals surface area contributed by atoms with Gasteiger partial charge in [0.15, 0.2) is 0 Å². The predicted octanol–water partition coefficient (Wildman–Crippen LogP) is 3.91. The van der Waals surface area contributed by atoms with Crippen molar-refractivity contribution in [1.29, 1.82) is 5.26 Å². The number of nitrogens with two attached hydrogens (primary N) is 1. The zero-order valence-electron chi connectivity index (χ0n) is 10.4. The average Bonchev–Trinajstić information content (AvgIpc) is 2.36. The Balaban J connectivity index is 2.35. The summed E-state index contributed by atoms with van der Waals surface area (Å²) in [6.45, 7) is 4.18. The molecule has 0 amide bonds. The summed E-state index contributed by atoms with van der Waals surface area (Å²) in [5, 5.41) is 8.95. The molecule has 2 nitrogen and oxygen atoms in total. The number of rotatable bonds is 2. The van der Waals surface area contributed by atoms with Crippen LogP contribution in [0.3, 0.4) is 0 Å². The Labute approximate surface area is 111 Å². The topological polar surface area (TPSA) is 49.8 Å². The van der Waals surface area contributed by atoms with E-state index in [-0.39, 0.29) is 0 Å². The second-order valence-corrected chi connectivity index (χ2v) is 5.29. The standard InChI is InChI=1S/C15H14N2S/c1-10-6-7-13(8-11(10)2)18-14-5-3-4-12(9-16)15(14)17/h3-8H,17H2,1-2H3. The predicted molar refractivity (Wildman–Crippen MR) is 75.6 cm³/mol. The number of anilines is 1. The third-order valence-electron chi connectivity index (χ3n) is 2.89. The number of nitriles is 1. The summed E-state index contributed by atoms with van der Waals surface area (Å²) in [6.07, 6.45) is 0. The minimum absolute atomic E-state index is 0.531. The van der Waals surface area contributed by atoms with Gasteiger partial charge in [-0.3, -0.25) is 0 Å². The molecule has 0 spiro atoms. The number of benzene rings is 2. The molecule has 0 unspecified atom stereocenters. The lowest BCUT2D eigenvalue weighted by Gasteiger charge is -2.08. The number of para-hydroxylation sites is 1. The van der Waals surface area contributed by atoms with Crippen molar-refractivity contribution in [2.75, 3.05) is 5.73 Å². The minimum Gasteiger partial charge on any atom is -0.397 e. The molecule has 3 heteroatoms. The van der Waals surface area contributed by atoms with Gasteiger partial charge in [-0.05, 0) is 49.2 Å². The number of hydrogen-bond acceptors (Lipinski definition) is 3. The van der Waals surface area contributed by atoms with Crippen LogP contribution < -0.4 is 5.73 Å². The minimum atomic E-state index is 0.531. The highest BCUT2D eigenvalue weighted by Gasteiger charge is 2.06. The fourth-order valence-electron chi connectivity index (χ4n) is 1.63. The van der Waals surface area contributed by atoms with E-state index < -0.39 is 0 Å². The lowest BCUT2D eigenvalue weighted by atomic mass is 10.1. The first-order valence-corrected chi connectivity index (χ1v) is 6.47. The van der Waals surface area contributed by atoms with Crippen LogP contribution in [0.15, 0.2) is 46.2 Å². The van der Waals surface area contributed by atoms with Crippen LogP contribution >= 0.6 is 11.8 Å². The zero-order valence-corrected chi connectivity index (χ0v) is 11.2. The second-order valence-electron chi connectivity index (χ2n) is 4.18. The van der Waals surface area contributed by atoms with Gasteiger partial charge in [-0.15, -0.1) is 0 Å². The second kappa shape index (κ2) is 5.16. The summed E-state index contributed by atoms with van der Waals surface area (Å²) < 4.78 is 0. The van der Waals surface area contributed by atoms with E-state index in [2.05, 4.69) is 38.1 Å². The monoisotopic (exact) mass is 254 g/mol. The SMILES string of the molecule is Cc1ccc(Sc2cccc(C#N)c2N)cc1C. The maximum Gasteiger partial charge on any atom is 0.101 e. The van der Waals surface area contributed by atoms with Crippen LogP contribution in [-0.4, -0.2) is 0 Å². The molecule has 0 aromatic heterocycles. The Morgan fingerprint density at radius 1 is 1.11 bits per heavy atom. The molecule has 2 rings (SSSR count). The van der Waals surface area contributed by atoms with Crippen molar-refractivity contribution in [2.45, 2.75) is 23.6 Å². The smallest absolute Gasteiger partial charge is 0.101 e. The van der Waals surface area contributed by atoms with Gasteiger partial charge < -0.3 is 5.73 Å². The van der Waals surface area contributed by atoms with Gasteiger partial charge in [0.05, 0.1) is 11.3 Å². The maximum atomic E-state index is 8.95. The summed E-state index contributed by atoms with van der Waals surface area (Å²) >= 11 is 1.59. The van der Waals surface area contributed by atoms with Crippen LogP contribution in [0.5, 0.6) is 0 Å². The van der Waals surface area contributed by atoms with E-state index in [1.807, 2.05) is 12.1 Å². The Bertz CT molecular complexity index is 627. The van der Waals surface area contributed by atoms with E-state index in [0.717, 1.165) is 9.79 Å².